The van der Waals surface area contributed by atoms with Gasteiger partial charge in [-0.15, -0.1) is 0 Å². The maximum absolute atomic E-state index is 10.4. The van der Waals surface area contributed by atoms with Gasteiger partial charge in [0.05, 0.1) is 18.1 Å². The van der Waals surface area contributed by atoms with Gasteiger partial charge in [-0.25, -0.2) is 4.98 Å². The van der Waals surface area contributed by atoms with Gasteiger partial charge in [-0.3, -0.25) is 9.78 Å². The van der Waals surface area contributed by atoms with Gasteiger partial charge in [0.2, 0.25) is 0 Å². The van der Waals surface area contributed by atoms with Gasteiger partial charge in [0.25, 0.3) is 0 Å². The van der Waals surface area contributed by atoms with Gasteiger partial charge in [0.15, 0.2) is 0 Å². The maximum atomic E-state index is 10.4. The van der Waals surface area contributed by atoms with E-state index in [2.05, 4.69) is 9.97 Å². The molecule has 1 aromatic heterocycles. The van der Waals surface area contributed by atoms with Crippen LogP contribution in [0.5, 0.6) is 0 Å². The van der Waals surface area contributed by atoms with Gasteiger partial charge in [-0.2, -0.15) is 11.8 Å². The van der Waals surface area contributed by atoms with Gasteiger partial charge in [-0.1, -0.05) is 11.6 Å². The lowest BCUT2D eigenvalue weighted by Crippen LogP contribution is -2.32. The van der Waals surface area contributed by atoms with Crippen molar-refractivity contribution in [3.8, 4) is 0 Å². The Balaban J connectivity index is 2.32. The summed E-state index contributed by atoms with van der Waals surface area (Å²) in [6.07, 6.45) is 3.01. The largest absolute Gasteiger partial charge is 0.480 e. The molecular formula is C8H10ClN3O2S. The molecule has 0 bridgehead atoms. The molecule has 0 aromatic carbocycles. The highest BCUT2D eigenvalue weighted by Gasteiger charge is 2.10. The summed E-state index contributed by atoms with van der Waals surface area (Å²) in [5.74, 6) is -0.0742. The Hall–Kier alpha value is -0.850. The fourth-order valence-corrected chi connectivity index (χ4v) is 1.75. The average molecular weight is 248 g/mol. The average Bonchev–Trinajstić information content (AvgIpc) is 2.20. The molecule has 1 rings (SSSR count). The van der Waals surface area contributed by atoms with Crippen LogP contribution in [0.15, 0.2) is 12.4 Å². The van der Waals surface area contributed by atoms with Crippen molar-refractivity contribution in [3.05, 3.63) is 23.2 Å². The van der Waals surface area contributed by atoms with E-state index < -0.39 is 12.0 Å². The second-order valence-electron chi connectivity index (χ2n) is 2.79. The zero-order chi connectivity index (χ0) is 11.3. The van der Waals surface area contributed by atoms with Crippen LogP contribution in [-0.2, 0) is 10.5 Å². The molecule has 0 spiro atoms. The number of hydrogen-bond donors (Lipinski definition) is 2. The summed E-state index contributed by atoms with van der Waals surface area (Å²) in [7, 11) is 0. The van der Waals surface area contributed by atoms with Crippen molar-refractivity contribution in [2.24, 2.45) is 5.73 Å². The van der Waals surface area contributed by atoms with Crippen LogP contribution in [0.3, 0.4) is 0 Å². The molecule has 0 saturated carbocycles. The molecule has 0 saturated heterocycles. The third-order valence-electron chi connectivity index (χ3n) is 1.54. The number of halogens is 1. The third-order valence-corrected chi connectivity index (χ3v) is 2.83. The summed E-state index contributed by atoms with van der Waals surface area (Å²) < 4.78 is 0. The number of hydrogen-bond acceptors (Lipinski definition) is 5. The quantitative estimate of drug-likeness (QED) is 0.799. The number of rotatable bonds is 5. The minimum Gasteiger partial charge on any atom is -0.480 e. The highest BCUT2D eigenvalue weighted by molar-refractivity contribution is 7.98. The van der Waals surface area contributed by atoms with E-state index in [4.69, 9.17) is 22.4 Å². The summed E-state index contributed by atoms with van der Waals surface area (Å²) in [6, 6.07) is -0.838. The smallest absolute Gasteiger partial charge is 0.321 e. The summed E-state index contributed by atoms with van der Waals surface area (Å²) >= 11 is 6.96. The monoisotopic (exact) mass is 247 g/mol. The van der Waals surface area contributed by atoms with Crippen LogP contribution >= 0.6 is 23.4 Å². The Bertz CT molecular complexity index is 333. The van der Waals surface area contributed by atoms with E-state index in [1.165, 1.54) is 18.0 Å². The zero-order valence-corrected chi connectivity index (χ0v) is 9.33. The standard InChI is InChI=1S/C8H10ClN3O2S/c9-7-2-11-5(1-12-7)3-15-4-6(10)8(13)14/h1-2,6H,3-4,10H2,(H,13,14). The maximum Gasteiger partial charge on any atom is 0.321 e. The summed E-state index contributed by atoms with van der Waals surface area (Å²) in [5, 5.41) is 8.87. The fourth-order valence-electron chi connectivity index (χ4n) is 0.775. The Morgan fingerprint density at radius 3 is 2.87 bits per heavy atom. The van der Waals surface area contributed by atoms with Crippen LogP contribution < -0.4 is 5.73 Å². The SMILES string of the molecule is NC(CSCc1cnc(Cl)cn1)C(=O)O. The van der Waals surface area contributed by atoms with Crippen molar-refractivity contribution in [3.63, 3.8) is 0 Å². The highest BCUT2D eigenvalue weighted by Crippen LogP contribution is 2.11. The van der Waals surface area contributed by atoms with E-state index in [1.807, 2.05) is 0 Å². The number of carboxylic acid groups (broad SMARTS) is 1. The minimum atomic E-state index is -0.996. The second kappa shape index (κ2) is 5.89. The van der Waals surface area contributed by atoms with E-state index in [1.54, 1.807) is 6.20 Å². The summed E-state index contributed by atoms with van der Waals surface area (Å²) in [5.41, 5.74) is 6.08. The molecule has 1 aromatic rings. The van der Waals surface area contributed by atoms with Gasteiger partial charge in [0.1, 0.15) is 11.2 Å². The number of nitrogens with two attached hydrogens (primary N) is 1. The van der Waals surface area contributed by atoms with Crippen molar-refractivity contribution in [2.45, 2.75) is 11.8 Å². The predicted molar refractivity (Wildman–Crippen MR) is 58.8 cm³/mol. The van der Waals surface area contributed by atoms with Crippen molar-refractivity contribution < 1.29 is 9.90 Å². The number of thioether (sulfide) groups is 1. The summed E-state index contributed by atoms with van der Waals surface area (Å²) in [6.45, 7) is 0. The fraction of sp³-hybridized carbons (Fsp3) is 0.375. The lowest BCUT2D eigenvalue weighted by atomic mass is 10.4. The van der Waals surface area contributed by atoms with Gasteiger partial charge < -0.3 is 10.8 Å². The van der Waals surface area contributed by atoms with Crippen LogP contribution in [-0.4, -0.2) is 32.8 Å². The first-order valence-electron chi connectivity index (χ1n) is 4.12. The molecule has 0 aliphatic carbocycles. The highest BCUT2D eigenvalue weighted by atomic mass is 35.5. The molecule has 0 fully saturated rings. The van der Waals surface area contributed by atoms with Crippen LogP contribution in [0.1, 0.15) is 5.69 Å². The molecule has 5 nitrogen and oxygen atoms in total. The molecule has 0 amide bonds. The molecular weight excluding hydrogens is 238 g/mol. The van der Waals surface area contributed by atoms with Crippen molar-refractivity contribution >= 4 is 29.3 Å². The molecule has 7 heteroatoms. The molecule has 0 radical (unpaired) electrons. The van der Waals surface area contributed by atoms with Crippen molar-refractivity contribution in [1.82, 2.24) is 9.97 Å². The number of carboxylic acids is 1. The van der Waals surface area contributed by atoms with E-state index in [-0.39, 0.29) is 0 Å². The Labute approximate surface area is 96.1 Å². The van der Waals surface area contributed by atoms with Crippen molar-refractivity contribution in [2.75, 3.05) is 5.75 Å². The van der Waals surface area contributed by atoms with E-state index in [0.717, 1.165) is 5.69 Å². The van der Waals surface area contributed by atoms with Crippen molar-refractivity contribution in [1.29, 1.82) is 0 Å². The first-order chi connectivity index (χ1) is 7.09. The zero-order valence-electron chi connectivity index (χ0n) is 7.76. The van der Waals surface area contributed by atoms with E-state index >= 15 is 0 Å². The van der Waals surface area contributed by atoms with Gasteiger partial charge >= 0.3 is 5.97 Å². The van der Waals surface area contributed by atoms with Crippen LogP contribution in [0, 0.1) is 0 Å². The van der Waals surface area contributed by atoms with Crippen LogP contribution in [0.25, 0.3) is 0 Å². The third kappa shape index (κ3) is 4.46. The molecule has 1 atom stereocenters. The minimum absolute atomic E-state index is 0.339. The lowest BCUT2D eigenvalue weighted by molar-refractivity contribution is -0.137. The van der Waals surface area contributed by atoms with Gasteiger partial charge in [0, 0.05) is 11.5 Å². The van der Waals surface area contributed by atoms with E-state index in [0.29, 0.717) is 16.7 Å². The van der Waals surface area contributed by atoms with Gasteiger partial charge in [-0.05, 0) is 0 Å². The number of aliphatic carboxylic acids is 1. The Morgan fingerprint density at radius 2 is 2.33 bits per heavy atom. The van der Waals surface area contributed by atoms with Crippen LogP contribution in [0.4, 0.5) is 0 Å². The molecule has 3 N–H and O–H groups in total. The second-order valence-corrected chi connectivity index (χ2v) is 4.21. The normalized spacial score (nSPS) is 12.4. The number of aromatic nitrogens is 2. The topological polar surface area (TPSA) is 89.1 Å². The molecule has 1 heterocycles. The molecule has 1 unspecified atom stereocenters. The molecule has 0 aliphatic heterocycles. The number of carbonyl (C=O) groups is 1. The Morgan fingerprint density at radius 1 is 1.60 bits per heavy atom. The Kier molecular flexibility index (Phi) is 4.80. The van der Waals surface area contributed by atoms with E-state index in [9.17, 15) is 4.79 Å². The van der Waals surface area contributed by atoms with Crippen LogP contribution in [0.2, 0.25) is 5.15 Å². The lowest BCUT2D eigenvalue weighted by Gasteiger charge is -2.05. The first-order valence-corrected chi connectivity index (χ1v) is 5.65. The predicted octanol–water partition coefficient (Wildman–Crippen LogP) is 0.775. The molecule has 15 heavy (non-hydrogen) atoms. The first kappa shape index (κ1) is 12.2. The molecule has 0 aliphatic rings. The summed E-state index contributed by atoms with van der Waals surface area (Å²) in [4.78, 5) is 18.3. The number of nitrogens with zero attached hydrogens (tertiary/aromatic N) is 2. The molecule has 82 valence electrons.